The molecule has 0 saturated carbocycles. The van der Waals surface area contributed by atoms with Gasteiger partial charge in [0, 0.05) is 11.4 Å². The van der Waals surface area contributed by atoms with E-state index in [1.54, 1.807) is 6.07 Å². The van der Waals surface area contributed by atoms with E-state index in [0.717, 1.165) is 16.1 Å². The Hall–Kier alpha value is -0.600. The summed E-state index contributed by atoms with van der Waals surface area (Å²) in [4.78, 5) is 0. The molecule has 0 heterocycles. The van der Waals surface area contributed by atoms with Crippen LogP contribution in [0.4, 0.5) is 4.39 Å². The minimum Gasteiger partial charge on any atom is -0.330 e. The van der Waals surface area contributed by atoms with Gasteiger partial charge >= 0.3 is 0 Å². The van der Waals surface area contributed by atoms with Crippen molar-refractivity contribution >= 4 is 11.6 Å². The Balaban J connectivity index is 2.63. The van der Waals surface area contributed by atoms with Crippen LogP contribution >= 0.6 is 11.6 Å². The van der Waals surface area contributed by atoms with Crippen LogP contribution in [0.5, 0.6) is 0 Å². The van der Waals surface area contributed by atoms with Gasteiger partial charge in [-0.3, -0.25) is 0 Å². The van der Waals surface area contributed by atoms with Crippen LogP contribution in [-0.4, -0.2) is 12.7 Å². The standard InChI is InChI=1S/C11H15ClFN/c1-8-6-9(2-3-11(8)12)7-10(13)4-5-14/h2-3,6,10H,4-5,7,14H2,1H3. The summed E-state index contributed by atoms with van der Waals surface area (Å²) in [5.74, 6) is 0. The van der Waals surface area contributed by atoms with Crippen LogP contribution in [0, 0.1) is 6.92 Å². The number of nitrogens with two attached hydrogens (primary N) is 1. The van der Waals surface area contributed by atoms with E-state index in [9.17, 15) is 4.39 Å². The van der Waals surface area contributed by atoms with Crippen molar-refractivity contribution in [3.8, 4) is 0 Å². The first-order valence-electron chi connectivity index (χ1n) is 4.72. The largest absolute Gasteiger partial charge is 0.330 e. The summed E-state index contributed by atoms with van der Waals surface area (Å²) in [6, 6.07) is 5.59. The number of benzene rings is 1. The van der Waals surface area contributed by atoms with Crippen molar-refractivity contribution in [2.45, 2.75) is 25.9 Å². The summed E-state index contributed by atoms with van der Waals surface area (Å²) in [7, 11) is 0. The molecule has 0 fully saturated rings. The maximum atomic E-state index is 13.2. The van der Waals surface area contributed by atoms with E-state index < -0.39 is 6.17 Å². The van der Waals surface area contributed by atoms with E-state index >= 15 is 0 Å². The molecule has 78 valence electrons. The van der Waals surface area contributed by atoms with E-state index in [2.05, 4.69) is 0 Å². The zero-order valence-electron chi connectivity index (χ0n) is 8.26. The lowest BCUT2D eigenvalue weighted by atomic mass is 10.0. The van der Waals surface area contributed by atoms with Crippen molar-refractivity contribution in [2.24, 2.45) is 5.73 Å². The quantitative estimate of drug-likeness (QED) is 0.821. The van der Waals surface area contributed by atoms with Gasteiger partial charge in [-0.05, 0) is 37.1 Å². The lowest BCUT2D eigenvalue weighted by Crippen LogP contribution is -2.11. The summed E-state index contributed by atoms with van der Waals surface area (Å²) in [5, 5.41) is 0.725. The molecule has 1 aromatic rings. The third-order valence-corrected chi connectivity index (χ3v) is 2.58. The lowest BCUT2D eigenvalue weighted by molar-refractivity contribution is 0.316. The van der Waals surface area contributed by atoms with Crippen molar-refractivity contribution in [3.05, 3.63) is 34.3 Å². The summed E-state index contributed by atoms with van der Waals surface area (Å²) >= 11 is 5.86. The SMILES string of the molecule is Cc1cc(CC(F)CCN)ccc1Cl. The molecule has 1 aromatic carbocycles. The Kier molecular flexibility index (Phi) is 4.36. The molecule has 1 rings (SSSR count). The van der Waals surface area contributed by atoms with E-state index in [1.165, 1.54) is 0 Å². The highest BCUT2D eigenvalue weighted by Crippen LogP contribution is 2.18. The number of hydrogen-bond donors (Lipinski definition) is 1. The number of aryl methyl sites for hydroxylation is 1. The molecular weight excluding hydrogens is 201 g/mol. The maximum absolute atomic E-state index is 13.2. The molecule has 0 radical (unpaired) electrons. The van der Waals surface area contributed by atoms with Crippen LogP contribution < -0.4 is 5.73 Å². The van der Waals surface area contributed by atoms with Crippen molar-refractivity contribution in [1.82, 2.24) is 0 Å². The highest BCUT2D eigenvalue weighted by molar-refractivity contribution is 6.31. The molecule has 0 aliphatic heterocycles. The van der Waals surface area contributed by atoms with Gasteiger partial charge in [-0.1, -0.05) is 23.7 Å². The average Bonchev–Trinajstić information content (AvgIpc) is 2.12. The molecule has 3 heteroatoms. The zero-order chi connectivity index (χ0) is 10.6. The topological polar surface area (TPSA) is 26.0 Å². The fourth-order valence-corrected chi connectivity index (χ4v) is 1.49. The van der Waals surface area contributed by atoms with Gasteiger partial charge in [-0.2, -0.15) is 0 Å². The molecule has 14 heavy (non-hydrogen) atoms. The third-order valence-electron chi connectivity index (χ3n) is 2.16. The molecule has 0 aromatic heterocycles. The molecule has 1 nitrogen and oxygen atoms in total. The van der Waals surface area contributed by atoms with Gasteiger partial charge in [0.2, 0.25) is 0 Å². The minimum atomic E-state index is -0.847. The highest BCUT2D eigenvalue weighted by Gasteiger charge is 2.07. The monoisotopic (exact) mass is 215 g/mol. The molecule has 1 unspecified atom stereocenters. The number of halogens is 2. The van der Waals surface area contributed by atoms with Crippen LogP contribution in [0.25, 0.3) is 0 Å². The Morgan fingerprint density at radius 3 is 2.79 bits per heavy atom. The first-order chi connectivity index (χ1) is 6.63. The van der Waals surface area contributed by atoms with E-state index in [1.807, 2.05) is 19.1 Å². The normalized spacial score (nSPS) is 12.9. The Morgan fingerprint density at radius 1 is 1.50 bits per heavy atom. The molecule has 0 aliphatic rings. The van der Waals surface area contributed by atoms with Crippen LogP contribution in [0.15, 0.2) is 18.2 Å². The van der Waals surface area contributed by atoms with Crippen molar-refractivity contribution in [3.63, 3.8) is 0 Å². The Labute approximate surface area is 89.1 Å². The predicted molar refractivity (Wildman–Crippen MR) is 58.5 cm³/mol. The van der Waals surface area contributed by atoms with Crippen molar-refractivity contribution in [2.75, 3.05) is 6.54 Å². The zero-order valence-corrected chi connectivity index (χ0v) is 9.02. The number of rotatable bonds is 4. The van der Waals surface area contributed by atoms with Gasteiger partial charge in [-0.15, -0.1) is 0 Å². The van der Waals surface area contributed by atoms with Crippen molar-refractivity contribution in [1.29, 1.82) is 0 Å². The van der Waals surface area contributed by atoms with Gasteiger partial charge in [0.1, 0.15) is 6.17 Å². The number of hydrogen-bond acceptors (Lipinski definition) is 1. The summed E-state index contributed by atoms with van der Waals surface area (Å²) in [6.07, 6.45) is -0.00256. The first-order valence-corrected chi connectivity index (χ1v) is 5.10. The molecule has 0 spiro atoms. The second kappa shape index (κ2) is 5.32. The minimum absolute atomic E-state index is 0.397. The predicted octanol–water partition coefficient (Wildman–Crippen LogP) is 2.88. The van der Waals surface area contributed by atoms with Gasteiger partial charge in [0.25, 0.3) is 0 Å². The van der Waals surface area contributed by atoms with Crippen LogP contribution in [-0.2, 0) is 6.42 Å². The smallest absolute Gasteiger partial charge is 0.105 e. The van der Waals surface area contributed by atoms with Crippen LogP contribution in [0.2, 0.25) is 5.02 Å². The summed E-state index contributed by atoms with van der Waals surface area (Å²) in [5.41, 5.74) is 7.25. The van der Waals surface area contributed by atoms with E-state index in [-0.39, 0.29) is 0 Å². The highest BCUT2D eigenvalue weighted by atomic mass is 35.5. The summed E-state index contributed by atoms with van der Waals surface area (Å²) in [6.45, 7) is 2.32. The van der Waals surface area contributed by atoms with Gasteiger partial charge in [-0.25, -0.2) is 4.39 Å². The fourth-order valence-electron chi connectivity index (χ4n) is 1.37. The molecule has 2 N–H and O–H groups in total. The molecule has 0 saturated heterocycles. The van der Waals surface area contributed by atoms with E-state index in [0.29, 0.717) is 19.4 Å². The molecular formula is C11H15ClFN. The second-order valence-corrected chi connectivity index (χ2v) is 3.87. The second-order valence-electron chi connectivity index (χ2n) is 3.46. The first kappa shape index (κ1) is 11.5. The Bertz CT molecular complexity index is 301. The number of alkyl halides is 1. The average molecular weight is 216 g/mol. The molecule has 0 bridgehead atoms. The molecule has 0 aliphatic carbocycles. The fraction of sp³-hybridized carbons (Fsp3) is 0.455. The van der Waals surface area contributed by atoms with Gasteiger partial charge < -0.3 is 5.73 Å². The molecule has 1 atom stereocenters. The third kappa shape index (κ3) is 3.28. The Morgan fingerprint density at radius 2 is 2.21 bits per heavy atom. The van der Waals surface area contributed by atoms with Crippen molar-refractivity contribution < 1.29 is 4.39 Å². The summed E-state index contributed by atoms with van der Waals surface area (Å²) < 4.78 is 13.2. The van der Waals surface area contributed by atoms with E-state index in [4.69, 9.17) is 17.3 Å². The van der Waals surface area contributed by atoms with Gasteiger partial charge in [0.05, 0.1) is 0 Å². The van der Waals surface area contributed by atoms with Crippen LogP contribution in [0.3, 0.4) is 0 Å². The maximum Gasteiger partial charge on any atom is 0.105 e. The molecule has 0 amide bonds. The van der Waals surface area contributed by atoms with Gasteiger partial charge in [0.15, 0.2) is 0 Å². The van der Waals surface area contributed by atoms with Crippen LogP contribution in [0.1, 0.15) is 17.5 Å². The lowest BCUT2D eigenvalue weighted by Gasteiger charge is -2.07.